The molecule has 188 valence electrons. The van der Waals surface area contributed by atoms with Gasteiger partial charge in [0, 0.05) is 43.2 Å². The van der Waals surface area contributed by atoms with Crippen molar-refractivity contribution in [3.05, 3.63) is 63.9 Å². The Morgan fingerprint density at radius 3 is 2.72 bits per heavy atom. The summed E-state index contributed by atoms with van der Waals surface area (Å²) < 4.78 is 33.8. The molecule has 1 unspecified atom stereocenters. The molecule has 1 fully saturated rings. The van der Waals surface area contributed by atoms with E-state index < -0.39 is 17.7 Å². The smallest absolute Gasteiger partial charge is 0.260 e. The van der Waals surface area contributed by atoms with Crippen LogP contribution in [0.4, 0.5) is 8.78 Å². The van der Waals surface area contributed by atoms with Gasteiger partial charge in [0.2, 0.25) is 5.88 Å². The van der Waals surface area contributed by atoms with Crippen molar-refractivity contribution in [1.82, 2.24) is 19.9 Å². The van der Waals surface area contributed by atoms with Crippen molar-refractivity contribution in [3.8, 4) is 5.88 Å². The van der Waals surface area contributed by atoms with Crippen molar-refractivity contribution in [3.63, 3.8) is 0 Å². The number of carbonyl (C=O) groups excluding carboxylic acids is 1. The summed E-state index contributed by atoms with van der Waals surface area (Å²) in [5.74, 6) is -0.802. The van der Waals surface area contributed by atoms with E-state index in [9.17, 15) is 13.6 Å². The van der Waals surface area contributed by atoms with Gasteiger partial charge in [-0.15, -0.1) is 23.1 Å². The molecule has 3 aromatic rings. The third-order valence-electron chi connectivity index (χ3n) is 6.16. The lowest BCUT2D eigenvalue weighted by Gasteiger charge is -2.31. The fourth-order valence-electron chi connectivity index (χ4n) is 4.26. The monoisotopic (exact) mass is 531 g/mol. The Bertz CT molecular complexity index is 1260. The first-order valence-corrected chi connectivity index (χ1v) is 13.5. The standard InChI is InChI=1S/C24H23F2N5O3S2/c1-35-24-22(27-7-8-28-24)33-12-20(32)31-9-5-14(6-10-31)23-29-18(13-36-23)17-11-19(34-30-17)21-15(25)3-2-4-16(21)26/h2-4,7-8,13-14,19H,5-6,9-12H2,1H3. The van der Waals surface area contributed by atoms with Crippen LogP contribution >= 0.6 is 23.1 Å². The van der Waals surface area contributed by atoms with E-state index in [2.05, 4.69) is 15.1 Å². The predicted molar refractivity (Wildman–Crippen MR) is 131 cm³/mol. The zero-order chi connectivity index (χ0) is 25.1. The van der Waals surface area contributed by atoms with Crippen molar-refractivity contribution in [2.45, 2.75) is 36.3 Å². The molecule has 1 atom stereocenters. The fraction of sp³-hybridized carbons (Fsp3) is 0.375. The maximum atomic E-state index is 14.1. The van der Waals surface area contributed by atoms with E-state index in [-0.39, 0.29) is 30.4 Å². The lowest BCUT2D eigenvalue weighted by molar-refractivity contribution is -0.134. The zero-order valence-corrected chi connectivity index (χ0v) is 21.0. The number of oxime groups is 1. The summed E-state index contributed by atoms with van der Waals surface area (Å²) in [4.78, 5) is 32.8. The number of carbonyl (C=O) groups is 1. The molecule has 0 spiro atoms. The number of nitrogens with zero attached hydrogens (tertiary/aromatic N) is 5. The van der Waals surface area contributed by atoms with Gasteiger partial charge in [-0.25, -0.2) is 23.7 Å². The van der Waals surface area contributed by atoms with E-state index >= 15 is 0 Å². The quantitative estimate of drug-likeness (QED) is 0.412. The maximum absolute atomic E-state index is 14.1. The summed E-state index contributed by atoms with van der Waals surface area (Å²) in [5.41, 5.74) is 1.12. The van der Waals surface area contributed by atoms with Crippen LogP contribution in [0, 0.1) is 11.6 Å². The first-order valence-electron chi connectivity index (χ1n) is 11.4. The Morgan fingerprint density at radius 1 is 1.22 bits per heavy atom. The molecule has 8 nitrogen and oxygen atoms in total. The molecule has 36 heavy (non-hydrogen) atoms. The third-order valence-corrected chi connectivity index (χ3v) is 7.84. The molecule has 0 N–H and O–H groups in total. The molecule has 1 amide bonds. The van der Waals surface area contributed by atoms with Gasteiger partial charge in [-0.3, -0.25) is 4.79 Å². The van der Waals surface area contributed by atoms with Crippen LogP contribution in [-0.4, -0.2) is 57.4 Å². The number of benzene rings is 1. The third kappa shape index (κ3) is 5.19. The molecule has 2 aliphatic rings. The summed E-state index contributed by atoms with van der Waals surface area (Å²) in [7, 11) is 0. The first kappa shape index (κ1) is 24.6. The predicted octanol–water partition coefficient (Wildman–Crippen LogP) is 4.58. The minimum atomic E-state index is -0.809. The number of rotatable bonds is 7. The minimum Gasteiger partial charge on any atom is -0.466 e. The molecule has 2 aromatic heterocycles. The van der Waals surface area contributed by atoms with Gasteiger partial charge in [0.25, 0.3) is 5.91 Å². The van der Waals surface area contributed by atoms with Gasteiger partial charge in [0.05, 0.1) is 16.3 Å². The van der Waals surface area contributed by atoms with Crippen LogP contribution in [0.25, 0.3) is 0 Å². The summed E-state index contributed by atoms with van der Waals surface area (Å²) in [6, 6.07) is 3.74. The zero-order valence-electron chi connectivity index (χ0n) is 19.4. The topological polar surface area (TPSA) is 89.8 Å². The highest BCUT2D eigenvalue weighted by molar-refractivity contribution is 7.98. The molecule has 0 bridgehead atoms. The van der Waals surface area contributed by atoms with E-state index in [1.165, 1.54) is 47.5 Å². The lowest BCUT2D eigenvalue weighted by atomic mass is 9.97. The first-order chi connectivity index (χ1) is 17.5. The number of ether oxygens (including phenoxy) is 1. The van der Waals surface area contributed by atoms with Gasteiger partial charge >= 0.3 is 0 Å². The number of thiazole rings is 1. The van der Waals surface area contributed by atoms with Crippen molar-refractivity contribution in [2.75, 3.05) is 26.0 Å². The maximum Gasteiger partial charge on any atom is 0.260 e. The van der Waals surface area contributed by atoms with Gasteiger partial charge in [0.1, 0.15) is 17.3 Å². The molecule has 0 saturated carbocycles. The highest BCUT2D eigenvalue weighted by atomic mass is 32.2. The van der Waals surface area contributed by atoms with Crippen molar-refractivity contribution in [2.24, 2.45) is 5.16 Å². The summed E-state index contributed by atoms with van der Waals surface area (Å²) in [6.45, 7) is 1.13. The second-order valence-corrected chi connectivity index (χ2v) is 10.0. The minimum absolute atomic E-state index is 0.0814. The number of likely N-dealkylation sites (tertiary alicyclic amines) is 1. The van der Waals surface area contributed by atoms with Gasteiger partial charge < -0.3 is 14.5 Å². The largest absolute Gasteiger partial charge is 0.466 e. The second-order valence-electron chi connectivity index (χ2n) is 8.36. The van der Waals surface area contributed by atoms with Crippen LogP contribution in [0.15, 0.2) is 46.2 Å². The number of piperidine rings is 1. The molecule has 5 rings (SSSR count). The molecule has 12 heteroatoms. The van der Waals surface area contributed by atoms with Crippen molar-refractivity contribution >= 4 is 34.7 Å². The van der Waals surface area contributed by atoms with Crippen LogP contribution in [-0.2, 0) is 9.63 Å². The number of amides is 1. The molecule has 0 aliphatic carbocycles. The Kier molecular flexibility index (Phi) is 7.42. The van der Waals surface area contributed by atoms with E-state index in [1.807, 2.05) is 11.6 Å². The molecule has 1 saturated heterocycles. The van der Waals surface area contributed by atoms with E-state index in [4.69, 9.17) is 14.6 Å². The SMILES string of the molecule is CSc1nccnc1OCC(=O)N1CCC(c2nc(C3=NOC(c4c(F)cccc4F)C3)cs2)CC1. The Balaban J connectivity index is 1.14. The number of halogens is 2. The van der Waals surface area contributed by atoms with Crippen LogP contribution < -0.4 is 4.74 Å². The van der Waals surface area contributed by atoms with Crippen LogP contribution in [0.5, 0.6) is 5.88 Å². The number of aromatic nitrogens is 3. The highest BCUT2D eigenvalue weighted by Crippen LogP contribution is 2.35. The average Bonchev–Trinajstić information content (AvgIpc) is 3.58. The number of thioether (sulfide) groups is 1. The Hall–Kier alpha value is -3.12. The summed E-state index contributed by atoms with van der Waals surface area (Å²) in [6.07, 6.45) is 6.01. The highest BCUT2D eigenvalue weighted by Gasteiger charge is 2.31. The van der Waals surface area contributed by atoms with Crippen molar-refractivity contribution in [1.29, 1.82) is 0 Å². The van der Waals surface area contributed by atoms with Crippen LogP contribution in [0.3, 0.4) is 0 Å². The molecular formula is C24H23F2N5O3S2. The number of hydrogen-bond donors (Lipinski definition) is 0. The molecule has 1 aromatic carbocycles. The summed E-state index contributed by atoms with van der Waals surface area (Å²) >= 11 is 2.94. The Labute approximate surface area is 214 Å². The van der Waals surface area contributed by atoms with Gasteiger partial charge in [-0.1, -0.05) is 11.2 Å². The normalized spacial score (nSPS) is 18.1. The molecule has 0 radical (unpaired) electrons. The van der Waals surface area contributed by atoms with Crippen LogP contribution in [0.1, 0.15) is 47.5 Å². The molecular weight excluding hydrogens is 508 g/mol. The molecule has 2 aliphatic heterocycles. The van der Waals surface area contributed by atoms with Gasteiger partial charge in [-0.05, 0) is 31.2 Å². The second kappa shape index (κ2) is 10.9. The van der Waals surface area contributed by atoms with Crippen LogP contribution in [0.2, 0.25) is 0 Å². The van der Waals surface area contributed by atoms with E-state index in [1.54, 1.807) is 11.1 Å². The Morgan fingerprint density at radius 2 is 1.97 bits per heavy atom. The van der Waals surface area contributed by atoms with E-state index in [0.29, 0.717) is 35.4 Å². The van der Waals surface area contributed by atoms with E-state index in [0.717, 1.165) is 17.8 Å². The lowest BCUT2D eigenvalue weighted by Crippen LogP contribution is -2.40. The van der Waals surface area contributed by atoms with Crippen molar-refractivity contribution < 1.29 is 23.1 Å². The summed E-state index contributed by atoms with van der Waals surface area (Å²) in [5, 5.41) is 7.55. The average molecular weight is 532 g/mol. The van der Waals surface area contributed by atoms with Gasteiger partial charge in [-0.2, -0.15) is 0 Å². The molecule has 4 heterocycles. The fourth-order valence-corrected chi connectivity index (χ4v) is 5.71. The van der Waals surface area contributed by atoms with Gasteiger partial charge in [0.15, 0.2) is 17.7 Å². The number of hydrogen-bond acceptors (Lipinski definition) is 9.